The number of nitrogens with one attached hydrogen (secondary N) is 1. The van der Waals surface area contributed by atoms with Crippen LogP contribution in [0.25, 0.3) is 0 Å². The molecule has 0 aliphatic rings. The first-order chi connectivity index (χ1) is 7.94. The Morgan fingerprint density at radius 2 is 2.06 bits per heavy atom. The molecular weight excluding hydrogens is 278 g/mol. The largest absolute Gasteiger partial charge is 0.491 e. The smallest absolute Gasteiger partial charge is 0.133 e. The minimum atomic E-state index is 0.188. The molecule has 0 amide bonds. The highest BCUT2D eigenvalue weighted by molar-refractivity contribution is 9.10. The Balaban J connectivity index is 2.36. The molecule has 17 heavy (non-hydrogen) atoms. The summed E-state index contributed by atoms with van der Waals surface area (Å²) in [5, 5.41) is 3.47. The Morgan fingerprint density at radius 3 is 2.65 bits per heavy atom. The zero-order chi connectivity index (χ0) is 12.9. The number of rotatable bonds is 6. The molecule has 0 aliphatic carbocycles. The van der Waals surface area contributed by atoms with E-state index in [9.17, 15) is 0 Å². The van der Waals surface area contributed by atoms with Gasteiger partial charge in [-0.05, 0) is 60.8 Å². The first kappa shape index (κ1) is 14.5. The third-order valence-corrected chi connectivity index (χ3v) is 3.55. The normalized spacial score (nSPS) is 11.6. The van der Waals surface area contributed by atoms with Gasteiger partial charge in [0, 0.05) is 12.1 Å². The van der Waals surface area contributed by atoms with Crippen molar-refractivity contribution in [1.82, 2.24) is 5.32 Å². The van der Waals surface area contributed by atoms with Gasteiger partial charge >= 0.3 is 0 Å². The van der Waals surface area contributed by atoms with Gasteiger partial charge in [-0.25, -0.2) is 0 Å². The molecule has 0 saturated heterocycles. The van der Waals surface area contributed by atoms with E-state index in [2.05, 4.69) is 61.1 Å². The predicted molar refractivity (Wildman–Crippen MR) is 76.7 cm³/mol. The summed E-state index contributed by atoms with van der Waals surface area (Å²) in [6, 6.07) is 6.13. The highest BCUT2D eigenvalue weighted by Gasteiger charge is 2.12. The summed E-state index contributed by atoms with van der Waals surface area (Å²) in [5.74, 6) is 0.909. The average molecular weight is 300 g/mol. The van der Waals surface area contributed by atoms with E-state index in [0.29, 0.717) is 6.61 Å². The Bertz CT molecular complexity index is 363. The summed E-state index contributed by atoms with van der Waals surface area (Å²) >= 11 is 3.51. The highest BCUT2D eigenvalue weighted by atomic mass is 79.9. The molecule has 1 aromatic carbocycles. The van der Waals surface area contributed by atoms with Crippen LogP contribution in [0.4, 0.5) is 0 Å². The van der Waals surface area contributed by atoms with Crippen LogP contribution in [0.5, 0.6) is 5.75 Å². The number of hydrogen-bond donors (Lipinski definition) is 1. The van der Waals surface area contributed by atoms with Crippen LogP contribution >= 0.6 is 15.9 Å². The van der Waals surface area contributed by atoms with Gasteiger partial charge in [0.2, 0.25) is 0 Å². The number of benzene rings is 1. The van der Waals surface area contributed by atoms with E-state index in [1.54, 1.807) is 0 Å². The number of halogens is 1. The first-order valence-electron chi connectivity index (χ1n) is 6.08. The van der Waals surface area contributed by atoms with E-state index in [1.165, 1.54) is 5.56 Å². The molecule has 0 saturated carbocycles. The molecular formula is C14H22BrNO. The number of ether oxygens (including phenoxy) is 1. The Hall–Kier alpha value is -0.540. The molecule has 0 fully saturated rings. The van der Waals surface area contributed by atoms with Gasteiger partial charge in [-0.1, -0.05) is 13.0 Å². The van der Waals surface area contributed by atoms with Gasteiger partial charge < -0.3 is 10.1 Å². The Labute approximate surface area is 113 Å². The minimum absolute atomic E-state index is 0.188. The quantitative estimate of drug-likeness (QED) is 0.804. The van der Waals surface area contributed by atoms with Gasteiger partial charge in [0.05, 0.1) is 4.47 Å². The lowest BCUT2D eigenvalue weighted by Gasteiger charge is -2.24. The van der Waals surface area contributed by atoms with Crippen LogP contribution in [0.3, 0.4) is 0 Å². The molecule has 0 aliphatic heterocycles. The second kappa shape index (κ2) is 6.41. The van der Waals surface area contributed by atoms with E-state index in [4.69, 9.17) is 4.74 Å². The molecule has 2 nitrogen and oxygen atoms in total. The van der Waals surface area contributed by atoms with Gasteiger partial charge in [-0.2, -0.15) is 0 Å². The van der Waals surface area contributed by atoms with Crippen molar-refractivity contribution in [1.29, 1.82) is 0 Å². The summed E-state index contributed by atoms with van der Waals surface area (Å²) in [5.41, 5.74) is 1.42. The number of aryl methyl sites for hydroxylation is 1. The SMILES string of the molecule is CCC(C)(C)NCCOc1ccc(C)cc1Br. The molecule has 0 spiro atoms. The molecule has 1 rings (SSSR count). The fourth-order valence-corrected chi connectivity index (χ4v) is 2.01. The summed E-state index contributed by atoms with van der Waals surface area (Å²) < 4.78 is 6.74. The maximum atomic E-state index is 5.72. The Morgan fingerprint density at radius 1 is 1.35 bits per heavy atom. The lowest BCUT2D eigenvalue weighted by Crippen LogP contribution is -2.40. The maximum Gasteiger partial charge on any atom is 0.133 e. The predicted octanol–water partition coefficient (Wildman–Crippen LogP) is 3.91. The molecule has 0 aromatic heterocycles. The molecule has 3 heteroatoms. The molecule has 0 unspecified atom stereocenters. The van der Waals surface area contributed by atoms with Crippen LogP contribution in [0, 0.1) is 6.92 Å². The van der Waals surface area contributed by atoms with E-state index < -0.39 is 0 Å². The van der Waals surface area contributed by atoms with Crippen molar-refractivity contribution < 1.29 is 4.74 Å². The van der Waals surface area contributed by atoms with Crippen molar-refractivity contribution in [2.75, 3.05) is 13.2 Å². The van der Waals surface area contributed by atoms with Crippen LogP contribution in [-0.4, -0.2) is 18.7 Å². The lowest BCUT2D eigenvalue weighted by molar-refractivity contribution is 0.279. The topological polar surface area (TPSA) is 21.3 Å². The van der Waals surface area contributed by atoms with Crippen molar-refractivity contribution in [3.05, 3.63) is 28.2 Å². The molecule has 1 aromatic rings. The van der Waals surface area contributed by atoms with E-state index in [1.807, 2.05) is 6.07 Å². The summed E-state index contributed by atoms with van der Waals surface area (Å²) in [6.07, 6.45) is 1.11. The molecule has 0 radical (unpaired) electrons. The third kappa shape index (κ3) is 5.09. The summed E-state index contributed by atoms with van der Waals surface area (Å²) in [4.78, 5) is 0. The molecule has 0 bridgehead atoms. The van der Waals surface area contributed by atoms with Crippen molar-refractivity contribution in [2.24, 2.45) is 0 Å². The maximum absolute atomic E-state index is 5.72. The average Bonchev–Trinajstić information content (AvgIpc) is 2.27. The van der Waals surface area contributed by atoms with E-state index in [-0.39, 0.29) is 5.54 Å². The monoisotopic (exact) mass is 299 g/mol. The van der Waals surface area contributed by atoms with Crippen LogP contribution in [0.15, 0.2) is 22.7 Å². The second-order valence-electron chi connectivity index (χ2n) is 4.95. The number of hydrogen-bond acceptors (Lipinski definition) is 2. The van der Waals surface area contributed by atoms with Gasteiger partial charge in [0.1, 0.15) is 12.4 Å². The van der Waals surface area contributed by atoms with Crippen molar-refractivity contribution in [3.63, 3.8) is 0 Å². The van der Waals surface area contributed by atoms with Crippen molar-refractivity contribution >= 4 is 15.9 Å². The van der Waals surface area contributed by atoms with Gasteiger partial charge in [0.15, 0.2) is 0 Å². The van der Waals surface area contributed by atoms with Crippen LogP contribution in [0.1, 0.15) is 32.8 Å². The molecule has 0 heterocycles. The second-order valence-corrected chi connectivity index (χ2v) is 5.80. The summed E-state index contributed by atoms with van der Waals surface area (Å²) in [6.45, 7) is 10.2. The Kier molecular flexibility index (Phi) is 5.47. The van der Waals surface area contributed by atoms with Gasteiger partial charge in [-0.3, -0.25) is 0 Å². The molecule has 0 atom stereocenters. The lowest BCUT2D eigenvalue weighted by atomic mass is 10.0. The van der Waals surface area contributed by atoms with Crippen LogP contribution in [0.2, 0.25) is 0 Å². The summed E-state index contributed by atoms with van der Waals surface area (Å²) in [7, 11) is 0. The van der Waals surface area contributed by atoms with Gasteiger partial charge in [0.25, 0.3) is 0 Å². The molecule has 96 valence electrons. The fraction of sp³-hybridized carbons (Fsp3) is 0.571. The standard InChI is InChI=1S/C14H22BrNO/c1-5-14(3,4)16-8-9-17-13-7-6-11(2)10-12(13)15/h6-7,10,16H,5,8-9H2,1-4H3. The fourth-order valence-electron chi connectivity index (χ4n) is 1.40. The van der Waals surface area contributed by atoms with E-state index in [0.717, 1.165) is 23.2 Å². The zero-order valence-electron chi connectivity index (χ0n) is 11.1. The van der Waals surface area contributed by atoms with Crippen LogP contribution in [-0.2, 0) is 0 Å². The van der Waals surface area contributed by atoms with Crippen LogP contribution < -0.4 is 10.1 Å². The van der Waals surface area contributed by atoms with Gasteiger partial charge in [-0.15, -0.1) is 0 Å². The third-order valence-electron chi connectivity index (χ3n) is 2.93. The van der Waals surface area contributed by atoms with Crippen molar-refractivity contribution in [3.8, 4) is 5.75 Å². The zero-order valence-corrected chi connectivity index (χ0v) is 12.7. The molecule has 1 N–H and O–H groups in total. The van der Waals surface area contributed by atoms with Crippen molar-refractivity contribution in [2.45, 2.75) is 39.7 Å². The van der Waals surface area contributed by atoms with E-state index >= 15 is 0 Å². The first-order valence-corrected chi connectivity index (χ1v) is 6.88. The highest BCUT2D eigenvalue weighted by Crippen LogP contribution is 2.25. The minimum Gasteiger partial charge on any atom is -0.491 e.